The van der Waals surface area contributed by atoms with Crippen LogP contribution in [0.25, 0.3) is 0 Å². The fourth-order valence-corrected chi connectivity index (χ4v) is 2.37. The van der Waals surface area contributed by atoms with Gasteiger partial charge >= 0.3 is 6.03 Å². The molecule has 1 N–H and O–H groups in total. The van der Waals surface area contributed by atoms with E-state index in [1.165, 1.54) is 0 Å². The Balaban J connectivity index is 2.03. The van der Waals surface area contributed by atoms with Gasteiger partial charge in [0.05, 0.1) is 13.2 Å². The summed E-state index contributed by atoms with van der Waals surface area (Å²) in [5.41, 5.74) is 0. The number of likely N-dealkylation sites (N-methyl/N-ethyl adjacent to an activating group) is 1. The highest BCUT2D eigenvalue weighted by Gasteiger charge is 2.30. The average Bonchev–Trinajstić information content (AvgIpc) is 2.96. The predicted molar refractivity (Wildman–Crippen MR) is 76.0 cm³/mol. The van der Waals surface area contributed by atoms with Gasteiger partial charge in [-0.1, -0.05) is 0 Å². The van der Waals surface area contributed by atoms with Crippen LogP contribution in [0.4, 0.5) is 10.6 Å². The van der Waals surface area contributed by atoms with E-state index in [1.807, 2.05) is 14.0 Å². The van der Waals surface area contributed by atoms with Crippen molar-refractivity contribution in [3.63, 3.8) is 0 Å². The second-order valence-corrected chi connectivity index (χ2v) is 4.72. The second-order valence-electron chi connectivity index (χ2n) is 4.72. The Kier molecular flexibility index (Phi) is 4.60. The van der Waals surface area contributed by atoms with Crippen molar-refractivity contribution in [3.05, 3.63) is 12.4 Å². The lowest BCUT2D eigenvalue weighted by atomic mass is 10.2. The van der Waals surface area contributed by atoms with Crippen LogP contribution in [0.2, 0.25) is 0 Å². The number of amides is 2. The number of methoxy groups -OCH3 is 1. The molecular weight excluding hydrogens is 258 g/mol. The lowest BCUT2D eigenvalue weighted by Gasteiger charge is -2.25. The monoisotopic (exact) mass is 279 g/mol. The molecule has 0 bridgehead atoms. The molecule has 1 atom stereocenters. The van der Waals surface area contributed by atoms with Gasteiger partial charge in [0, 0.05) is 39.1 Å². The van der Waals surface area contributed by atoms with Crippen LogP contribution in [0.15, 0.2) is 12.4 Å². The molecule has 20 heavy (non-hydrogen) atoms. The average molecular weight is 279 g/mol. The van der Waals surface area contributed by atoms with Crippen molar-refractivity contribution in [2.75, 3.05) is 38.7 Å². The summed E-state index contributed by atoms with van der Waals surface area (Å²) in [6.45, 7) is 4.13. The van der Waals surface area contributed by atoms with Gasteiger partial charge in [-0.3, -0.25) is 0 Å². The van der Waals surface area contributed by atoms with Crippen molar-refractivity contribution in [2.45, 2.75) is 19.4 Å². The zero-order valence-electron chi connectivity index (χ0n) is 12.2. The number of nitrogens with zero attached hydrogens (tertiary/aromatic N) is 4. The van der Waals surface area contributed by atoms with Crippen LogP contribution in [0.3, 0.4) is 0 Å². The highest BCUT2D eigenvalue weighted by molar-refractivity contribution is 5.74. The van der Waals surface area contributed by atoms with Gasteiger partial charge in [0.15, 0.2) is 5.82 Å². The molecule has 2 rings (SSSR count). The van der Waals surface area contributed by atoms with Crippen molar-refractivity contribution in [3.8, 4) is 5.88 Å². The molecule has 0 aromatic carbocycles. The molecule has 1 saturated heterocycles. The van der Waals surface area contributed by atoms with Crippen molar-refractivity contribution in [1.29, 1.82) is 0 Å². The number of ether oxygens (including phenoxy) is 1. The number of carbonyl (C=O) groups excluding carboxylic acids is 1. The van der Waals surface area contributed by atoms with E-state index in [9.17, 15) is 4.79 Å². The van der Waals surface area contributed by atoms with Gasteiger partial charge in [-0.15, -0.1) is 0 Å². The van der Waals surface area contributed by atoms with Gasteiger partial charge in [0.25, 0.3) is 5.88 Å². The number of nitrogens with one attached hydrogen (secondary N) is 1. The third kappa shape index (κ3) is 2.92. The summed E-state index contributed by atoms with van der Waals surface area (Å²) in [4.78, 5) is 24.2. The first-order valence-electron chi connectivity index (χ1n) is 6.78. The summed E-state index contributed by atoms with van der Waals surface area (Å²) in [5, 5.41) is 2.82. The first-order valence-corrected chi connectivity index (χ1v) is 6.78. The van der Waals surface area contributed by atoms with Gasteiger partial charge in [-0.25, -0.2) is 14.8 Å². The third-order valence-electron chi connectivity index (χ3n) is 3.50. The molecule has 0 unspecified atom stereocenters. The largest absolute Gasteiger partial charge is 0.478 e. The molecule has 1 aliphatic rings. The van der Waals surface area contributed by atoms with Gasteiger partial charge in [0.2, 0.25) is 0 Å². The van der Waals surface area contributed by atoms with Crippen molar-refractivity contribution in [2.24, 2.45) is 0 Å². The van der Waals surface area contributed by atoms with Gasteiger partial charge in [-0.2, -0.15) is 0 Å². The Labute approximate surface area is 118 Å². The lowest BCUT2D eigenvalue weighted by Crippen LogP contribution is -2.44. The van der Waals surface area contributed by atoms with Crippen LogP contribution < -0.4 is 15.0 Å². The molecule has 1 aromatic rings. The quantitative estimate of drug-likeness (QED) is 0.879. The zero-order chi connectivity index (χ0) is 14.5. The lowest BCUT2D eigenvalue weighted by molar-refractivity contribution is 0.195. The van der Waals surface area contributed by atoms with Gasteiger partial charge in [-0.05, 0) is 13.3 Å². The Morgan fingerprint density at radius 3 is 3.00 bits per heavy atom. The molecule has 1 fully saturated rings. The molecule has 7 nitrogen and oxygen atoms in total. The molecule has 1 aliphatic heterocycles. The molecule has 2 heterocycles. The summed E-state index contributed by atoms with van der Waals surface area (Å²) in [6, 6.07) is 0.138. The highest BCUT2D eigenvalue weighted by atomic mass is 16.5. The number of urea groups is 1. The van der Waals surface area contributed by atoms with Crippen LogP contribution in [-0.4, -0.2) is 60.7 Å². The normalized spacial score (nSPS) is 17.9. The summed E-state index contributed by atoms with van der Waals surface area (Å²) in [6.07, 6.45) is 4.17. The van der Waals surface area contributed by atoms with E-state index < -0.39 is 0 Å². The minimum absolute atomic E-state index is 0.0366. The Morgan fingerprint density at radius 1 is 1.55 bits per heavy atom. The fraction of sp³-hybridized carbons (Fsp3) is 0.615. The maximum Gasteiger partial charge on any atom is 0.317 e. The van der Waals surface area contributed by atoms with Crippen LogP contribution >= 0.6 is 0 Å². The Morgan fingerprint density at radius 2 is 2.30 bits per heavy atom. The number of anilines is 1. The molecule has 0 radical (unpaired) electrons. The zero-order valence-corrected chi connectivity index (χ0v) is 12.2. The number of rotatable bonds is 4. The van der Waals surface area contributed by atoms with E-state index in [2.05, 4.69) is 20.2 Å². The third-order valence-corrected chi connectivity index (χ3v) is 3.50. The summed E-state index contributed by atoms with van der Waals surface area (Å²) in [7, 11) is 3.41. The van der Waals surface area contributed by atoms with E-state index >= 15 is 0 Å². The maximum absolute atomic E-state index is 11.8. The predicted octanol–water partition coefficient (Wildman–Crippen LogP) is 0.725. The molecule has 2 amide bonds. The topological polar surface area (TPSA) is 70.6 Å². The van der Waals surface area contributed by atoms with Gasteiger partial charge in [0.1, 0.15) is 0 Å². The van der Waals surface area contributed by atoms with E-state index in [0.717, 1.165) is 25.3 Å². The van der Waals surface area contributed by atoms with Crippen LogP contribution in [0, 0.1) is 0 Å². The van der Waals surface area contributed by atoms with Gasteiger partial charge < -0.3 is 19.9 Å². The van der Waals surface area contributed by atoms with Crippen molar-refractivity contribution in [1.82, 2.24) is 20.2 Å². The van der Waals surface area contributed by atoms with E-state index in [0.29, 0.717) is 12.4 Å². The molecule has 1 aromatic heterocycles. The van der Waals surface area contributed by atoms with Crippen LogP contribution in [-0.2, 0) is 0 Å². The van der Waals surface area contributed by atoms with E-state index in [-0.39, 0.29) is 12.1 Å². The molecule has 0 saturated carbocycles. The maximum atomic E-state index is 11.8. The van der Waals surface area contributed by atoms with Crippen molar-refractivity contribution >= 4 is 11.8 Å². The number of carbonyl (C=O) groups is 1. The molecule has 0 aliphatic carbocycles. The SMILES string of the molecule is CCNC(=O)N(C)[C@H]1CCN(c2nccnc2OC)C1. The first kappa shape index (κ1) is 14.4. The van der Waals surface area contributed by atoms with E-state index in [1.54, 1.807) is 24.4 Å². The van der Waals surface area contributed by atoms with Crippen LogP contribution in [0.5, 0.6) is 5.88 Å². The molecule has 0 spiro atoms. The second kappa shape index (κ2) is 6.40. The first-order chi connectivity index (χ1) is 9.67. The molecule has 110 valence electrons. The van der Waals surface area contributed by atoms with E-state index in [4.69, 9.17) is 4.74 Å². The smallest absolute Gasteiger partial charge is 0.317 e. The highest BCUT2D eigenvalue weighted by Crippen LogP contribution is 2.27. The Hall–Kier alpha value is -2.05. The summed E-state index contributed by atoms with van der Waals surface area (Å²) < 4.78 is 5.23. The summed E-state index contributed by atoms with van der Waals surface area (Å²) in [5.74, 6) is 1.26. The van der Waals surface area contributed by atoms with Crippen molar-refractivity contribution < 1.29 is 9.53 Å². The minimum atomic E-state index is -0.0366. The number of hydrogen-bond acceptors (Lipinski definition) is 5. The molecular formula is C13H21N5O2. The van der Waals surface area contributed by atoms with Crippen LogP contribution in [0.1, 0.15) is 13.3 Å². The number of aromatic nitrogens is 2. The number of hydrogen-bond donors (Lipinski definition) is 1. The Bertz CT molecular complexity index is 468. The standard InChI is InChI=1S/C13H21N5O2/c1-4-14-13(19)17(2)10-5-8-18(9-10)11-12(20-3)16-7-6-15-11/h6-7,10H,4-5,8-9H2,1-3H3,(H,14,19)/t10-/m0/s1. The summed E-state index contributed by atoms with van der Waals surface area (Å²) >= 11 is 0. The fourth-order valence-electron chi connectivity index (χ4n) is 2.37. The minimum Gasteiger partial charge on any atom is -0.478 e. The molecule has 7 heteroatoms.